The third-order valence-corrected chi connectivity index (χ3v) is 11.8. The Morgan fingerprint density at radius 1 is 0.339 bits per heavy atom. The van der Waals surface area contributed by atoms with E-state index in [9.17, 15) is 0 Å². The van der Waals surface area contributed by atoms with E-state index in [2.05, 4.69) is 101 Å². The van der Waals surface area contributed by atoms with Gasteiger partial charge >= 0.3 is 0 Å². The Bertz CT molecular complexity index is 1320. The van der Waals surface area contributed by atoms with Gasteiger partial charge in [0, 0.05) is 16.5 Å². The Balaban J connectivity index is 0.0000174. The number of hydrogen-bond acceptors (Lipinski definition) is 2. The van der Waals surface area contributed by atoms with Gasteiger partial charge in [0.1, 0.15) is 0 Å². The summed E-state index contributed by atoms with van der Waals surface area (Å²) < 4.78 is 0. The van der Waals surface area contributed by atoms with Crippen LogP contribution >= 0.6 is 0 Å². The van der Waals surface area contributed by atoms with Crippen LogP contribution in [0.1, 0.15) is 257 Å². The molecule has 0 bridgehead atoms. The number of allylic oxidation sites excluding steroid dienone is 2. The van der Waals surface area contributed by atoms with Gasteiger partial charge in [-0.15, -0.1) is 0 Å². The van der Waals surface area contributed by atoms with Crippen molar-refractivity contribution in [1.82, 2.24) is 0 Å². The van der Waals surface area contributed by atoms with Crippen LogP contribution in [0, 0.1) is 0 Å². The fourth-order valence-electron chi connectivity index (χ4n) is 7.87. The average Bonchev–Trinajstić information content (AvgIpc) is 3.24. The zero-order valence-corrected chi connectivity index (χ0v) is 40.2. The van der Waals surface area contributed by atoms with Crippen molar-refractivity contribution in [2.24, 2.45) is 9.98 Å². The van der Waals surface area contributed by atoms with Gasteiger partial charge < -0.3 is 0 Å². The Morgan fingerprint density at radius 2 is 0.610 bits per heavy atom. The van der Waals surface area contributed by atoms with E-state index < -0.39 is 0 Å². The first kappa shape index (κ1) is 54.8. The first-order valence-electron chi connectivity index (χ1n) is 25.4. The molecular formula is C56H92N2Ni. The SMILES string of the molecule is CCCCCCCCCCCCCCC=Cc1ccc(N=C(CCCC)C(CCCCCC)=Nc2ccc(C=CCCCCCCCCCCCCCC)cc2)cc1.[Ni]. The van der Waals surface area contributed by atoms with Crippen molar-refractivity contribution in [3.05, 3.63) is 71.8 Å². The van der Waals surface area contributed by atoms with Gasteiger partial charge in [0.05, 0.1) is 22.8 Å². The van der Waals surface area contributed by atoms with E-state index in [1.807, 2.05) is 0 Å². The number of aliphatic imine (C=N–C) groups is 2. The molecule has 0 aliphatic rings. The van der Waals surface area contributed by atoms with Crippen LogP contribution in [0.2, 0.25) is 0 Å². The molecule has 0 amide bonds. The summed E-state index contributed by atoms with van der Waals surface area (Å²) in [6, 6.07) is 17.7. The third-order valence-electron chi connectivity index (χ3n) is 11.8. The van der Waals surface area contributed by atoms with Crippen molar-refractivity contribution in [3.63, 3.8) is 0 Å². The van der Waals surface area contributed by atoms with E-state index in [4.69, 9.17) is 9.98 Å². The molecule has 0 heterocycles. The molecule has 0 atom stereocenters. The molecule has 2 aromatic rings. The Morgan fingerprint density at radius 3 is 0.932 bits per heavy atom. The van der Waals surface area contributed by atoms with Crippen molar-refractivity contribution < 1.29 is 16.5 Å². The van der Waals surface area contributed by atoms with Crippen molar-refractivity contribution in [3.8, 4) is 0 Å². The molecule has 59 heavy (non-hydrogen) atoms. The molecule has 0 saturated carbocycles. The van der Waals surface area contributed by atoms with E-state index in [1.165, 1.54) is 215 Å². The van der Waals surface area contributed by atoms with Gasteiger partial charge in [0.2, 0.25) is 0 Å². The fraction of sp³-hybridized carbons (Fsp3) is 0.679. The van der Waals surface area contributed by atoms with Gasteiger partial charge in [-0.25, -0.2) is 0 Å². The molecule has 0 aliphatic heterocycles. The minimum absolute atomic E-state index is 0. The van der Waals surface area contributed by atoms with E-state index in [0.29, 0.717) is 0 Å². The molecule has 0 saturated heterocycles. The Hall–Kier alpha value is -2.25. The van der Waals surface area contributed by atoms with Crippen LogP contribution in [-0.4, -0.2) is 11.4 Å². The van der Waals surface area contributed by atoms with E-state index in [-0.39, 0.29) is 16.5 Å². The zero-order chi connectivity index (χ0) is 41.4. The maximum Gasteiger partial charge on any atom is 0.0634 e. The summed E-state index contributed by atoms with van der Waals surface area (Å²) in [4.78, 5) is 10.6. The summed E-state index contributed by atoms with van der Waals surface area (Å²) in [5.74, 6) is 0. The molecule has 0 aliphatic carbocycles. The molecule has 0 N–H and O–H groups in total. The smallest absolute Gasteiger partial charge is 0.0634 e. The monoisotopic (exact) mass is 851 g/mol. The number of nitrogens with zero attached hydrogens (tertiary/aromatic N) is 2. The summed E-state index contributed by atoms with van der Waals surface area (Å²) in [7, 11) is 0. The molecule has 0 aromatic heterocycles. The maximum absolute atomic E-state index is 5.29. The second-order valence-corrected chi connectivity index (χ2v) is 17.4. The topological polar surface area (TPSA) is 24.7 Å². The second-order valence-electron chi connectivity index (χ2n) is 17.4. The number of unbranched alkanes of at least 4 members (excludes halogenated alkanes) is 28. The number of hydrogen-bond donors (Lipinski definition) is 0. The summed E-state index contributed by atoms with van der Waals surface area (Å²) in [5, 5.41) is 0. The van der Waals surface area contributed by atoms with Gasteiger partial charge in [-0.3, -0.25) is 9.98 Å². The zero-order valence-electron chi connectivity index (χ0n) is 39.2. The second kappa shape index (κ2) is 41.1. The quantitative estimate of drug-likeness (QED) is 0.0364. The van der Waals surface area contributed by atoms with Crippen molar-refractivity contribution >= 4 is 35.0 Å². The molecule has 336 valence electrons. The minimum Gasteiger partial charge on any atom is -0.252 e. The predicted octanol–water partition coefficient (Wildman–Crippen LogP) is 19.9. The molecular weight excluding hydrogens is 759 g/mol. The molecule has 2 aromatic carbocycles. The molecule has 2 nitrogen and oxygen atoms in total. The molecule has 0 fully saturated rings. The number of rotatable bonds is 39. The average molecular weight is 852 g/mol. The van der Waals surface area contributed by atoms with E-state index in [0.717, 1.165) is 37.1 Å². The first-order valence-corrected chi connectivity index (χ1v) is 25.4. The van der Waals surface area contributed by atoms with Crippen LogP contribution in [0.5, 0.6) is 0 Å². The minimum atomic E-state index is 0. The van der Waals surface area contributed by atoms with Crippen LogP contribution < -0.4 is 0 Å². The van der Waals surface area contributed by atoms with Crippen LogP contribution in [0.25, 0.3) is 12.2 Å². The van der Waals surface area contributed by atoms with Gasteiger partial charge in [0.15, 0.2) is 0 Å². The predicted molar refractivity (Wildman–Crippen MR) is 265 cm³/mol. The molecule has 3 heteroatoms. The van der Waals surface area contributed by atoms with Gasteiger partial charge in [0.25, 0.3) is 0 Å². The first-order chi connectivity index (χ1) is 28.7. The third kappa shape index (κ3) is 31.3. The van der Waals surface area contributed by atoms with Gasteiger partial charge in [-0.2, -0.15) is 0 Å². The maximum atomic E-state index is 5.29. The summed E-state index contributed by atoms with van der Waals surface area (Å²) in [6.07, 6.45) is 54.6. The van der Waals surface area contributed by atoms with Gasteiger partial charge in [-0.1, -0.05) is 243 Å². The summed E-state index contributed by atoms with van der Waals surface area (Å²) >= 11 is 0. The van der Waals surface area contributed by atoms with Crippen molar-refractivity contribution in [2.75, 3.05) is 0 Å². The Kier molecular flexibility index (Phi) is 38.2. The molecule has 2 rings (SSSR count). The van der Waals surface area contributed by atoms with Crippen LogP contribution in [0.4, 0.5) is 11.4 Å². The van der Waals surface area contributed by atoms with Gasteiger partial charge in [-0.05, 0) is 86.8 Å². The van der Waals surface area contributed by atoms with Crippen molar-refractivity contribution in [2.45, 2.75) is 246 Å². The Labute approximate surface area is 377 Å². The van der Waals surface area contributed by atoms with E-state index in [1.54, 1.807) is 0 Å². The van der Waals surface area contributed by atoms with Crippen LogP contribution in [0.15, 0.2) is 70.7 Å². The summed E-state index contributed by atoms with van der Waals surface area (Å²) in [5.41, 5.74) is 6.96. The molecule has 0 radical (unpaired) electrons. The standard InChI is InChI=1S/C56H92N2.Ni/c1-5-9-13-16-18-20-22-24-26-28-30-32-34-36-39-51-43-47-53(48-44-51)57-55(41-12-8-4)56(42-38-15-11-7-3)58-54-49-45-52(46-50-54)40-37-35-33-31-29-27-25-23-21-19-17-14-10-6-2;/h36-37,39-40,43-50H,5-35,38,41-42H2,1-4H3;. The number of benzene rings is 2. The van der Waals surface area contributed by atoms with Crippen LogP contribution in [0.3, 0.4) is 0 Å². The van der Waals surface area contributed by atoms with Crippen LogP contribution in [-0.2, 0) is 16.5 Å². The summed E-state index contributed by atoms with van der Waals surface area (Å²) in [6.45, 7) is 9.16. The normalized spacial score (nSPS) is 12.3. The largest absolute Gasteiger partial charge is 0.252 e. The molecule has 0 spiro atoms. The van der Waals surface area contributed by atoms with Crippen molar-refractivity contribution in [1.29, 1.82) is 0 Å². The fourth-order valence-corrected chi connectivity index (χ4v) is 7.87. The molecule has 0 unspecified atom stereocenters. The van der Waals surface area contributed by atoms with E-state index >= 15 is 0 Å².